The normalized spacial score (nSPS) is 15.1. The highest BCUT2D eigenvalue weighted by Gasteiger charge is 2.46. The van der Waals surface area contributed by atoms with Gasteiger partial charge >= 0.3 is 12.3 Å². The van der Waals surface area contributed by atoms with Crippen LogP contribution in [0.4, 0.5) is 26.7 Å². The van der Waals surface area contributed by atoms with Gasteiger partial charge in [0.1, 0.15) is 17.1 Å². The van der Waals surface area contributed by atoms with Gasteiger partial charge in [0, 0.05) is 11.1 Å². The van der Waals surface area contributed by atoms with E-state index in [9.17, 15) is 31.5 Å². The largest absolute Gasteiger partial charge is 0.459 e. The van der Waals surface area contributed by atoms with Crippen molar-refractivity contribution in [2.24, 2.45) is 0 Å². The molecule has 1 aliphatic heterocycles. The monoisotopic (exact) mass is 536 g/mol. The lowest BCUT2D eigenvalue weighted by Gasteiger charge is -2.38. The molecule has 3 aromatic rings. The minimum absolute atomic E-state index is 0.0304. The number of halogens is 5. The minimum atomic E-state index is -4.70. The second-order valence-electron chi connectivity index (χ2n) is 9.97. The van der Waals surface area contributed by atoms with E-state index in [0.717, 1.165) is 11.0 Å². The zero-order chi connectivity index (χ0) is 27.9. The maximum absolute atomic E-state index is 14.0. The molecule has 0 radical (unpaired) electrons. The molecule has 4 rings (SSSR count). The lowest BCUT2D eigenvalue weighted by atomic mass is 9.96. The molecular formula is C27H25F5N2O4. The van der Waals surface area contributed by atoms with E-state index in [1.54, 1.807) is 20.8 Å². The fourth-order valence-electron chi connectivity index (χ4n) is 3.91. The van der Waals surface area contributed by atoms with Gasteiger partial charge in [0.15, 0.2) is 0 Å². The fourth-order valence-corrected chi connectivity index (χ4v) is 3.91. The van der Waals surface area contributed by atoms with E-state index in [0.29, 0.717) is 5.56 Å². The summed E-state index contributed by atoms with van der Waals surface area (Å²) in [5.74, 6) is -3.25. The topological polar surface area (TPSA) is 71.8 Å². The predicted molar refractivity (Wildman–Crippen MR) is 129 cm³/mol. The third-order valence-electron chi connectivity index (χ3n) is 5.65. The van der Waals surface area contributed by atoms with Gasteiger partial charge in [-0.1, -0.05) is 24.3 Å². The van der Waals surface area contributed by atoms with Crippen LogP contribution in [0.1, 0.15) is 42.5 Å². The molecule has 202 valence electrons. The van der Waals surface area contributed by atoms with Gasteiger partial charge in [-0.2, -0.15) is 13.2 Å². The number of amides is 2. The van der Waals surface area contributed by atoms with Crippen LogP contribution in [-0.4, -0.2) is 41.5 Å². The number of nitrogens with one attached hydrogen (secondary N) is 1. The van der Waals surface area contributed by atoms with E-state index >= 15 is 0 Å². The van der Waals surface area contributed by atoms with Crippen LogP contribution in [0.25, 0.3) is 22.5 Å². The number of likely N-dealkylation sites (tertiary alicyclic amines) is 1. The molecule has 1 fully saturated rings. The summed E-state index contributed by atoms with van der Waals surface area (Å²) >= 11 is 0. The first kappa shape index (κ1) is 27.2. The molecule has 1 saturated heterocycles. The molecule has 11 heteroatoms. The molecule has 2 heterocycles. The average Bonchev–Trinajstić information content (AvgIpc) is 3.28. The summed E-state index contributed by atoms with van der Waals surface area (Å²) in [6.45, 7) is 3.71. The number of hydrogen-bond acceptors (Lipinski definition) is 4. The standard InChI is InChI=1S/C27H25F5N2O4/c1-25(2,3)38-24(36)33-13-19-9-11-22(37-19)20-10-8-18(12-21(20)27(30,31)32)16-4-6-17(7-5-16)23(35)34-14-26(28,29)15-34/h4-12H,13-15H2,1-3H3,(H,33,36). The van der Waals surface area contributed by atoms with Crippen molar-refractivity contribution in [3.8, 4) is 22.5 Å². The third-order valence-corrected chi connectivity index (χ3v) is 5.65. The SMILES string of the molecule is CC(C)(C)OC(=O)NCc1ccc(-c2ccc(-c3ccc(C(=O)N4CC(F)(F)C4)cc3)cc2C(F)(F)F)o1. The van der Waals surface area contributed by atoms with Crippen molar-refractivity contribution >= 4 is 12.0 Å². The fraction of sp³-hybridized carbons (Fsp3) is 0.333. The van der Waals surface area contributed by atoms with Crippen LogP contribution < -0.4 is 5.32 Å². The lowest BCUT2D eigenvalue weighted by molar-refractivity contribution is -0.137. The van der Waals surface area contributed by atoms with E-state index in [4.69, 9.17) is 9.15 Å². The van der Waals surface area contributed by atoms with Crippen LogP contribution in [0.15, 0.2) is 59.0 Å². The Morgan fingerprint density at radius 2 is 1.61 bits per heavy atom. The van der Waals surface area contributed by atoms with Crippen molar-refractivity contribution in [2.75, 3.05) is 13.1 Å². The van der Waals surface area contributed by atoms with Crippen LogP contribution in [0.3, 0.4) is 0 Å². The zero-order valence-electron chi connectivity index (χ0n) is 20.8. The molecule has 1 N–H and O–H groups in total. The Bertz CT molecular complexity index is 1330. The van der Waals surface area contributed by atoms with Crippen molar-refractivity contribution in [2.45, 2.75) is 45.0 Å². The summed E-state index contributed by atoms with van der Waals surface area (Å²) in [6, 6.07) is 12.3. The Labute approximate surface area is 215 Å². The van der Waals surface area contributed by atoms with Crippen molar-refractivity contribution in [3.05, 3.63) is 71.5 Å². The first-order valence-corrected chi connectivity index (χ1v) is 11.7. The van der Waals surface area contributed by atoms with E-state index in [1.807, 2.05) is 0 Å². The number of ether oxygens (including phenoxy) is 1. The van der Waals surface area contributed by atoms with E-state index in [1.165, 1.54) is 48.5 Å². The lowest BCUT2D eigenvalue weighted by Crippen LogP contribution is -2.58. The smallest absolute Gasteiger partial charge is 0.417 e. The van der Waals surface area contributed by atoms with Crippen LogP contribution >= 0.6 is 0 Å². The summed E-state index contributed by atoms with van der Waals surface area (Å²) < 4.78 is 78.8. The Kier molecular flexibility index (Phi) is 6.98. The van der Waals surface area contributed by atoms with Crippen LogP contribution in [0, 0.1) is 0 Å². The van der Waals surface area contributed by atoms with Crippen molar-refractivity contribution in [1.82, 2.24) is 10.2 Å². The van der Waals surface area contributed by atoms with Gasteiger partial charge in [0.2, 0.25) is 0 Å². The highest BCUT2D eigenvalue weighted by atomic mass is 19.4. The van der Waals surface area contributed by atoms with Crippen LogP contribution in [-0.2, 0) is 17.5 Å². The second-order valence-corrected chi connectivity index (χ2v) is 9.97. The van der Waals surface area contributed by atoms with Gasteiger partial charge in [0.25, 0.3) is 11.8 Å². The number of hydrogen-bond donors (Lipinski definition) is 1. The van der Waals surface area contributed by atoms with Gasteiger partial charge in [-0.25, -0.2) is 13.6 Å². The van der Waals surface area contributed by atoms with E-state index in [-0.39, 0.29) is 34.8 Å². The molecule has 0 bridgehead atoms. The highest BCUT2D eigenvalue weighted by molar-refractivity contribution is 5.95. The zero-order valence-corrected chi connectivity index (χ0v) is 20.8. The number of nitrogens with zero attached hydrogens (tertiary/aromatic N) is 1. The Hall–Kier alpha value is -3.89. The van der Waals surface area contributed by atoms with Gasteiger partial charge in [-0.15, -0.1) is 0 Å². The minimum Gasteiger partial charge on any atom is -0.459 e. The van der Waals surface area contributed by atoms with Gasteiger partial charge in [-0.3, -0.25) is 4.79 Å². The van der Waals surface area contributed by atoms with Gasteiger partial charge < -0.3 is 19.4 Å². The van der Waals surface area contributed by atoms with Crippen molar-refractivity contribution < 1.29 is 40.7 Å². The van der Waals surface area contributed by atoms with Gasteiger partial charge in [0.05, 0.1) is 25.2 Å². The number of benzene rings is 2. The number of alkyl halides is 5. The molecule has 2 aromatic carbocycles. The molecule has 0 aliphatic carbocycles. The molecule has 1 aromatic heterocycles. The second kappa shape index (κ2) is 9.77. The quantitative estimate of drug-likeness (QED) is 0.366. The van der Waals surface area contributed by atoms with Gasteiger partial charge in [-0.05, 0) is 62.2 Å². The van der Waals surface area contributed by atoms with Crippen LogP contribution in [0.2, 0.25) is 0 Å². The maximum Gasteiger partial charge on any atom is 0.417 e. The van der Waals surface area contributed by atoms with Crippen molar-refractivity contribution in [1.29, 1.82) is 0 Å². The first-order chi connectivity index (χ1) is 17.6. The summed E-state index contributed by atoms with van der Waals surface area (Å²) in [6.07, 6.45) is -5.39. The Balaban J connectivity index is 1.52. The molecule has 6 nitrogen and oxygen atoms in total. The highest BCUT2D eigenvalue weighted by Crippen LogP contribution is 2.40. The average molecular weight is 536 g/mol. The van der Waals surface area contributed by atoms with E-state index < -0.39 is 48.4 Å². The number of carbonyl (C=O) groups is 2. The molecule has 38 heavy (non-hydrogen) atoms. The number of carbonyl (C=O) groups excluding carboxylic acids is 2. The number of furan rings is 1. The predicted octanol–water partition coefficient (Wildman–Crippen LogP) is 6.75. The number of alkyl carbamates (subject to hydrolysis) is 1. The first-order valence-electron chi connectivity index (χ1n) is 11.7. The molecular weight excluding hydrogens is 511 g/mol. The van der Waals surface area contributed by atoms with Crippen molar-refractivity contribution in [3.63, 3.8) is 0 Å². The molecule has 0 spiro atoms. The maximum atomic E-state index is 14.0. The Morgan fingerprint density at radius 3 is 2.18 bits per heavy atom. The molecule has 0 unspecified atom stereocenters. The Morgan fingerprint density at radius 1 is 0.974 bits per heavy atom. The van der Waals surface area contributed by atoms with Crippen LogP contribution in [0.5, 0.6) is 0 Å². The molecule has 1 aliphatic rings. The number of rotatable bonds is 5. The summed E-state index contributed by atoms with van der Waals surface area (Å²) in [5.41, 5.74) is -0.999. The summed E-state index contributed by atoms with van der Waals surface area (Å²) in [7, 11) is 0. The molecule has 0 atom stereocenters. The van der Waals surface area contributed by atoms with E-state index in [2.05, 4.69) is 5.32 Å². The summed E-state index contributed by atoms with van der Waals surface area (Å²) in [4.78, 5) is 25.1. The molecule has 0 saturated carbocycles. The third kappa shape index (κ3) is 6.32. The summed E-state index contributed by atoms with van der Waals surface area (Å²) in [5, 5.41) is 2.49. The molecule has 2 amide bonds.